The zero-order valence-corrected chi connectivity index (χ0v) is 11.6. The lowest BCUT2D eigenvalue weighted by Crippen LogP contribution is -2.05. The molecule has 108 valence electrons. The molecule has 0 atom stereocenters. The Hall–Kier alpha value is -2.19. The summed E-state index contributed by atoms with van der Waals surface area (Å²) in [6, 6.07) is 3.05. The molecule has 0 aliphatic carbocycles. The van der Waals surface area contributed by atoms with E-state index in [1.165, 1.54) is 18.7 Å². The Labute approximate surface area is 121 Å². The Morgan fingerprint density at radius 3 is 2.15 bits per heavy atom. The summed E-state index contributed by atoms with van der Waals surface area (Å²) in [6.45, 7) is 0.997. The van der Waals surface area contributed by atoms with E-state index >= 15 is 0 Å². The molecule has 0 saturated carbocycles. The zero-order chi connectivity index (χ0) is 14.8. The molecule has 0 fully saturated rings. The summed E-state index contributed by atoms with van der Waals surface area (Å²) >= 11 is 5.41. The molecule has 4 N–H and O–H groups in total. The Morgan fingerprint density at radius 1 is 1.00 bits per heavy atom. The van der Waals surface area contributed by atoms with E-state index in [2.05, 4.69) is 19.9 Å². The van der Waals surface area contributed by atoms with Crippen molar-refractivity contribution in [3.8, 4) is 5.88 Å². The minimum atomic E-state index is 0.373. The molecule has 0 radical (unpaired) electrons. The highest BCUT2D eigenvalue weighted by Gasteiger charge is 1.95. The monoisotopic (exact) mass is 298 g/mol. The van der Waals surface area contributed by atoms with E-state index in [0.717, 1.165) is 0 Å². The number of hydrogen-bond donors (Lipinski definition) is 2. The average Bonchev–Trinajstić information content (AvgIpc) is 2.39. The summed E-state index contributed by atoms with van der Waals surface area (Å²) in [6.07, 6.45) is 2.68. The normalized spacial score (nSPS) is 9.50. The Morgan fingerprint density at radius 2 is 1.65 bits per heavy atom. The number of methoxy groups -OCH3 is 1. The van der Waals surface area contributed by atoms with Gasteiger partial charge in [-0.2, -0.15) is 0 Å². The van der Waals surface area contributed by atoms with Crippen molar-refractivity contribution in [1.82, 2.24) is 19.9 Å². The molecule has 0 amide bonds. The fourth-order valence-electron chi connectivity index (χ4n) is 1.01. The van der Waals surface area contributed by atoms with Gasteiger partial charge in [-0.3, -0.25) is 0 Å². The summed E-state index contributed by atoms with van der Waals surface area (Å²) in [5, 5.41) is 0.373. The van der Waals surface area contributed by atoms with E-state index in [0.29, 0.717) is 35.9 Å². The molecular weight excluding hydrogens is 284 g/mol. The topological polar surface area (TPSA) is 122 Å². The van der Waals surface area contributed by atoms with Gasteiger partial charge in [0.25, 0.3) is 0 Å². The minimum Gasteiger partial charge on any atom is -0.475 e. The van der Waals surface area contributed by atoms with E-state index in [-0.39, 0.29) is 0 Å². The van der Waals surface area contributed by atoms with Crippen LogP contribution in [-0.2, 0) is 4.74 Å². The third-order valence-corrected chi connectivity index (χ3v) is 2.06. The van der Waals surface area contributed by atoms with Crippen molar-refractivity contribution in [3.63, 3.8) is 0 Å². The molecule has 0 aromatic carbocycles. The van der Waals surface area contributed by atoms with E-state index in [9.17, 15) is 0 Å². The predicted octanol–water partition coefficient (Wildman–Crippen LogP) is 0.796. The highest BCUT2D eigenvalue weighted by molar-refractivity contribution is 6.29. The second kappa shape index (κ2) is 8.83. The number of nitrogens with two attached hydrogens (primary N) is 2. The second-order valence-electron chi connectivity index (χ2n) is 3.39. The number of aromatic nitrogens is 4. The van der Waals surface area contributed by atoms with Crippen LogP contribution in [0, 0.1) is 0 Å². The van der Waals surface area contributed by atoms with E-state index < -0.39 is 0 Å². The molecule has 0 bridgehead atoms. The van der Waals surface area contributed by atoms with E-state index in [1.807, 2.05) is 0 Å². The van der Waals surface area contributed by atoms with Gasteiger partial charge in [-0.1, -0.05) is 11.6 Å². The Bertz CT molecular complexity index is 511. The molecule has 0 unspecified atom stereocenters. The van der Waals surface area contributed by atoms with Crippen molar-refractivity contribution in [2.45, 2.75) is 0 Å². The quantitative estimate of drug-likeness (QED) is 0.627. The molecule has 9 heteroatoms. The van der Waals surface area contributed by atoms with Crippen LogP contribution in [0.4, 0.5) is 11.6 Å². The maximum Gasteiger partial charge on any atom is 0.218 e. The number of rotatable bonds is 4. The number of hydrogen-bond acceptors (Lipinski definition) is 8. The van der Waals surface area contributed by atoms with Crippen LogP contribution in [0.1, 0.15) is 0 Å². The van der Waals surface area contributed by atoms with Crippen LogP contribution in [0.3, 0.4) is 0 Å². The highest BCUT2D eigenvalue weighted by atomic mass is 35.5. The van der Waals surface area contributed by atoms with E-state index in [1.54, 1.807) is 13.2 Å². The molecular formula is C11H15ClN6O2. The third kappa shape index (κ3) is 6.66. The van der Waals surface area contributed by atoms with Crippen LogP contribution >= 0.6 is 11.6 Å². The van der Waals surface area contributed by atoms with Crippen LogP contribution in [-0.4, -0.2) is 40.3 Å². The van der Waals surface area contributed by atoms with Gasteiger partial charge in [0.1, 0.15) is 36.1 Å². The molecule has 2 aromatic heterocycles. The first kappa shape index (κ1) is 15.9. The molecule has 2 rings (SSSR count). The van der Waals surface area contributed by atoms with Crippen molar-refractivity contribution in [2.75, 3.05) is 31.8 Å². The van der Waals surface area contributed by atoms with Crippen LogP contribution in [0.5, 0.6) is 5.88 Å². The van der Waals surface area contributed by atoms with Crippen LogP contribution in [0.25, 0.3) is 0 Å². The fraction of sp³-hybridized carbons (Fsp3) is 0.273. The molecule has 0 aliphatic rings. The van der Waals surface area contributed by atoms with Crippen LogP contribution in [0.15, 0.2) is 24.8 Å². The van der Waals surface area contributed by atoms with Crippen molar-refractivity contribution >= 4 is 23.2 Å². The molecule has 0 saturated heterocycles. The van der Waals surface area contributed by atoms with Gasteiger partial charge < -0.3 is 20.9 Å². The first-order chi connectivity index (χ1) is 9.61. The molecule has 8 nitrogen and oxygen atoms in total. The molecule has 0 aliphatic heterocycles. The maximum atomic E-state index is 5.41. The number of halogens is 1. The lowest BCUT2D eigenvalue weighted by atomic mass is 10.6. The number of anilines is 2. The largest absolute Gasteiger partial charge is 0.475 e. The number of nitrogen functional groups attached to an aromatic ring is 2. The first-order valence-corrected chi connectivity index (χ1v) is 5.92. The predicted molar refractivity (Wildman–Crippen MR) is 75.3 cm³/mol. The SMILES string of the molecule is COCCOc1cc(N)ncn1.Nc1cc(Cl)ncn1. The van der Waals surface area contributed by atoms with Gasteiger partial charge >= 0.3 is 0 Å². The third-order valence-electron chi connectivity index (χ3n) is 1.86. The molecule has 2 heterocycles. The van der Waals surface area contributed by atoms with Gasteiger partial charge in [-0.15, -0.1) is 0 Å². The van der Waals surface area contributed by atoms with E-state index in [4.69, 9.17) is 32.5 Å². The summed E-state index contributed by atoms with van der Waals surface area (Å²) in [4.78, 5) is 14.8. The summed E-state index contributed by atoms with van der Waals surface area (Å²) < 4.78 is 9.97. The van der Waals surface area contributed by atoms with Gasteiger partial charge in [0.2, 0.25) is 5.88 Å². The number of ether oxygens (including phenoxy) is 2. The molecule has 2 aromatic rings. The summed E-state index contributed by atoms with van der Waals surface area (Å²) in [5.74, 6) is 1.27. The molecule has 0 spiro atoms. The van der Waals surface area contributed by atoms with Gasteiger partial charge in [0.15, 0.2) is 0 Å². The smallest absolute Gasteiger partial charge is 0.218 e. The minimum absolute atomic E-state index is 0.373. The maximum absolute atomic E-state index is 5.41. The Balaban J connectivity index is 0.000000217. The standard InChI is InChI=1S/C7H11N3O2.C4H4ClN3/c1-11-2-3-12-7-4-6(8)9-5-10-7;5-3-1-4(6)8-2-7-3/h4-5H,2-3H2,1H3,(H2,8,9,10);1-2H,(H2,6,7,8). The highest BCUT2D eigenvalue weighted by Crippen LogP contribution is 2.06. The number of nitrogens with zero attached hydrogens (tertiary/aromatic N) is 4. The van der Waals surface area contributed by atoms with Crippen LogP contribution in [0.2, 0.25) is 5.15 Å². The second-order valence-corrected chi connectivity index (χ2v) is 3.78. The lowest BCUT2D eigenvalue weighted by molar-refractivity contribution is 0.143. The average molecular weight is 299 g/mol. The van der Waals surface area contributed by atoms with Crippen LogP contribution < -0.4 is 16.2 Å². The van der Waals surface area contributed by atoms with Gasteiger partial charge in [-0.25, -0.2) is 19.9 Å². The van der Waals surface area contributed by atoms with Crippen molar-refractivity contribution in [3.05, 3.63) is 29.9 Å². The van der Waals surface area contributed by atoms with Gasteiger partial charge in [0, 0.05) is 19.2 Å². The summed E-state index contributed by atoms with van der Waals surface area (Å²) in [5.41, 5.74) is 10.6. The van der Waals surface area contributed by atoms with Gasteiger partial charge in [-0.05, 0) is 0 Å². The lowest BCUT2D eigenvalue weighted by Gasteiger charge is -2.03. The zero-order valence-electron chi connectivity index (χ0n) is 10.9. The first-order valence-electron chi connectivity index (χ1n) is 5.54. The van der Waals surface area contributed by atoms with Gasteiger partial charge in [0.05, 0.1) is 6.61 Å². The van der Waals surface area contributed by atoms with Crippen molar-refractivity contribution < 1.29 is 9.47 Å². The Kier molecular flexibility index (Phi) is 7.01. The summed E-state index contributed by atoms with van der Waals surface area (Å²) in [7, 11) is 1.61. The van der Waals surface area contributed by atoms with Crippen molar-refractivity contribution in [1.29, 1.82) is 0 Å². The van der Waals surface area contributed by atoms with Crippen molar-refractivity contribution in [2.24, 2.45) is 0 Å². The molecule has 20 heavy (non-hydrogen) atoms. The fourth-order valence-corrected chi connectivity index (χ4v) is 1.16.